The number of ether oxygens (including phenoxy) is 1. The molecule has 1 aliphatic carbocycles. The predicted octanol–water partition coefficient (Wildman–Crippen LogP) is 0.214. The second-order valence-electron chi connectivity index (χ2n) is 3.50. The van der Waals surface area contributed by atoms with Crippen molar-refractivity contribution in [2.24, 2.45) is 11.7 Å². The Morgan fingerprint density at radius 2 is 2.27 bits per heavy atom. The molecule has 0 unspecified atom stereocenters. The molecule has 1 heterocycles. The molecule has 1 aromatic heterocycles. The van der Waals surface area contributed by atoms with E-state index in [0.717, 1.165) is 19.3 Å². The molecular weight excluding hydrogens is 198 g/mol. The number of aromatic nitrogens is 2. The van der Waals surface area contributed by atoms with Gasteiger partial charge in [-0.1, -0.05) is 6.42 Å². The van der Waals surface area contributed by atoms with Crippen LogP contribution in [0.2, 0.25) is 0 Å². The molecule has 0 radical (unpaired) electrons. The molecule has 1 saturated carbocycles. The zero-order valence-corrected chi connectivity index (χ0v) is 8.03. The summed E-state index contributed by atoms with van der Waals surface area (Å²) in [5.41, 5.74) is 5.09. The standard InChI is InChI=1S/C9H11N3O3/c10-7(13)6-8(12-4-11-6)15-9(14)5-2-1-3-5/h4-5H,1-3H2,(H2,10,13)(H,11,12). The highest BCUT2D eigenvalue weighted by molar-refractivity contribution is 5.93. The monoisotopic (exact) mass is 209 g/mol. The summed E-state index contributed by atoms with van der Waals surface area (Å²) >= 11 is 0. The minimum Gasteiger partial charge on any atom is -0.405 e. The predicted molar refractivity (Wildman–Crippen MR) is 50.1 cm³/mol. The SMILES string of the molecule is NC(=O)c1[nH]cnc1OC(=O)C1CCC1. The van der Waals surface area contributed by atoms with Crippen LogP contribution in [0.5, 0.6) is 5.88 Å². The van der Waals surface area contributed by atoms with Crippen LogP contribution in [0, 0.1) is 5.92 Å². The van der Waals surface area contributed by atoms with E-state index in [4.69, 9.17) is 10.5 Å². The van der Waals surface area contributed by atoms with Crippen LogP contribution < -0.4 is 10.5 Å². The number of rotatable bonds is 3. The maximum Gasteiger partial charge on any atom is 0.315 e. The molecule has 1 fully saturated rings. The summed E-state index contributed by atoms with van der Waals surface area (Å²) in [7, 11) is 0. The van der Waals surface area contributed by atoms with Crippen molar-refractivity contribution in [3.8, 4) is 5.88 Å². The number of nitrogens with one attached hydrogen (secondary N) is 1. The van der Waals surface area contributed by atoms with Gasteiger partial charge in [0.1, 0.15) is 0 Å². The van der Waals surface area contributed by atoms with E-state index in [1.807, 2.05) is 0 Å². The molecule has 0 bridgehead atoms. The van der Waals surface area contributed by atoms with Crippen LogP contribution in [0.3, 0.4) is 0 Å². The molecule has 80 valence electrons. The summed E-state index contributed by atoms with van der Waals surface area (Å²) in [6, 6.07) is 0. The fourth-order valence-corrected chi connectivity index (χ4v) is 1.36. The van der Waals surface area contributed by atoms with Crippen molar-refractivity contribution in [2.45, 2.75) is 19.3 Å². The number of amides is 1. The number of nitrogens with two attached hydrogens (primary N) is 1. The van der Waals surface area contributed by atoms with E-state index in [0.29, 0.717) is 0 Å². The highest BCUT2D eigenvalue weighted by atomic mass is 16.5. The van der Waals surface area contributed by atoms with Gasteiger partial charge in [-0.05, 0) is 12.8 Å². The summed E-state index contributed by atoms with van der Waals surface area (Å²) in [6.07, 6.45) is 4.00. The summed E-state index contributed by atoms with van der Waals surface area (Å²) < 4.78 is 4.97. The number of nitrogens with zero attached hydrogens (tertiary/aromatic N) is 1. The number of imidazole rings is 1. The van der Waals surface area contributed by atoms with Crippen LogP contribution in [0.4, 0.5) is 0 Å². The third-order valence-corrected chi connectivity index (χ3v) is 2.49. The Hall–Kier alpha value is -1.85. The van der Waals surface area contributed by atoms with Crippen molar-refractivity contribution < 1.29 is 14.3 Å². The largest absolute Gasteiger partial charge is 0.405 e. The Bertz CT molecular complexity index is 395. The quantitative estimate of drug-likeness (QED) is 0.695. The van der Waals surface area contributed by atoms with Crippen molar-refractivity contribution in [3.63, 3.8) is 0 Å². The molecule has 6 heteroatoms. The van der Waals surface area contributed by atoms with Crippen LogP contribution in [-0.4, -0.2) is 21.8 Å². The van der Waals surface area contributed by atoms with E-state index in [2.05, 4.69) is 9.97 Å². The topological polar surface area (TPSA) is 98.1 Å². The molecular formula is C9H11N3O3. The first kappa shape index (κ1) is 9.70. The van der Waals surface area contributed by atoms with Crippen molar-refractivity contribution in [3.05, 3.63) is 12.0 Å². The van der Waals surface area contributed by atoms with Crippen LogP contribution in [0.1, 0.15) is 29.8 Å². The van der Waals surface area contributed by atoms with Gasteiger partial charge in [0.25, 0.3) is 11.8 Å². The van der Waals surface area contributed by atoms with Crippen LogP contribution in [0.25, 0.3) is 0 Å². The van der Waals surface area contributed by atoms with Gasteiger partial charge in [0.2, 0.25) is 0 Å². The van der Waals surface area contributed by atoms with Crippen LogP contribution in [-0.2, 0) is 4.79 Å². The summed E-state index contributed by atoms with van der Waals surface area (Å²) in [5.74, 6) is -1.11. The molecule has 0 atom stereocenters. The van der Waals surface area contributed by atoms with E-state index in [-0.39, 0.29) is 23.5 Å². The van der Waals surface area contributed by atoms with Gasteiger partial charge in [-0.15, -0.1) is 0 Å². The molecule has 3 N–H and O–H groups in total. The number of aromatic amines is 1. The molecule has 0 aliphatic heterocycles. The van der Waals surface area contributed by atoms with Gasteiger partial charge in [-0.3, -0.25) is 9.59 Å². The summed E-state index contributed by atoms with van der Waals surface area (Å²) in [4.78, 5) is 28.6. The normalized spacial score (nSPS) is 15.7. The summed E-state index contributed by atoms with van der Waals surface area (Å²) in [6.45, 7) is 0. The van der Waals surface area contributed by atoms with Gasteiger partial charge < -0.3 is 15.5 Å². The van der Waals surface area contributed by atoms with Crippen LogP contribution in [0.15, 0.2) is 6.33 Å². The van der Waals surface area contributed by atoms with E-state index >= 15 is 0 Å². The maximum absolute atomic E-state index is 11.4. The lowest BCUT2D eigenvalue weighted by Gasteiger charge is -2.22. The maximum atomic E-state index is 11.4. The van der Waals surface area contributed by atoms with Crippen molar-refractivity contribution in [1.82, 2.24) is 9.97 Å². The molecule has 6 nitrogen and oxygen atoms in total. The minimum atomic E-state index is -0.691. The molecule has 2 rings (SSSR count). The molecule has 0 spiro atoms. The van der Waals surface area contributed by atoms with Gasteiger partial charge in [0.15, 0.2) is 5.69 Å². The highest BCUT2D eigenvalue weighted by Gasteiger charge is 2.28. The molecule has 1 amide bonds. The third kappa shape index (κ3) is 1.83. The molecule has 0 saturated heterocycles. The van der Waals surface area contributed by atoms with Crippen molar-refractivity contribution >= 4 is 11.9 Å². The van der Waals surface area contributed by atoms with Crippen molar-refractivity contribution in [2.75, 3.05) is 0 Å². The number of hydrogen-bond donors (Lipinski definition) is 2. The Labute approximate surface area is 85.8 Å². The van der Waals surface area contributed by atoms with E-state index in [1.54, 1.807) is 0 Å². The van der Waals surface area contributed by atoms with Gasteiger partial charge in [-0.2, -0.15) is 0 Å². The first-order chi connectivity index (χ1) is 7.18. The zero-order chi connectivity index (χ0) is 10.8. The number of esters is 1. The van der Waals surface area contributed by atoms with E-state index < -0.39 is 5.91 Å². The van der Waals surface area contributed by atoms with Gasteiger partial charge in [0, 0.05) is 0 Å². The average molecular weight is 209 g/mol. The number of hydrogen-bond acceptors (Lipinski definition) is 4. The third-order valence-electron chi connectivity index (χ3n) is 2.49. The van der Waals surface area contributed by atoms with E-state index in [1.165, 1.54) is 6.33 Å². The average Bonchev–Trinajstić information content (AvgIpc) is 2.48. The summed E-state index contributed by atoms with van der Waals surface area (Å²) in [5, 5.41) is 0. The smallest absolute Gasteiger partial charge is 0.315 e. The molecule has 1 aromatic rings. The lowest BCUT2D eigenvalue weighted by Crippen LogP contribution is -2.27. The van der Waals surface area contributed by atoms with Gasteiger partial charge >= 0.3 is 5.97 Å². The molecule has 0 aromatic carbocycles. The Morgan fingerprint density at radius 1 is 1.53 bits per heavy atom. The Balaban J connectivity index is 2.06. The van der Waals surface area contributed by atoms with Crippen molar-refractivity contribution in [1.29, 1.82) is 0 Å². The second kappa shape index (κ2) is 3.72. The number of carbonyl (C=O) groups is 2. The molecule has 1 aliphatic rings. The number of primary amides is 1. The Kier molecular flexibility index (Phi) is 2.40. The lowest BCUT2D eigenvalue weighted by atomic mass is 9.86. The van der Waals surface area contributed by atoms with Gasteiger partial charge in [0.05, 0.1) is 12.2 Å². The first-order valence-electron chi connectivity index (χ1n) is 4.73. The van der Waals surface area contributed by atoms with E-state index in [9.17, 15) is 9.59 Å². The fraction of sp³-hybridized carbons (Fsp3) is 0.444. The fourth-order valence-electron chi connectivity index (χ4n) is 1.36. The van der Waals surface area contributed by atoms with Crippen LogP contribution >= 0.6 is 0 Å². The van der Waals surface area contributed by atoms with Gasteiger partial charge in [-0.25, -0.2) is 4.98 Å². The molecule has 15 heavy (non-hydrogen) atoms. The minimum absolute atomic E-state index is 0.0283. The lowest BCUT2D eigenvalue weighted by molar-refractivity contribution is -0.141. The number of carbonyl (C=O) groups excluding carboxylic acids is 2. The number of H-pyrrole nitrogens is 1. The second-order valence-corrected chi connectivity index (χ2v) is 3.50. The Morgan fingerprint density at radius 3 is 2.80 bits per heavy atom. The zero-order valence-electron chi connectivity index (χ0n) is 8.03. The first-order valence-corrected chi connectivity index (χ1v) is 4.73. The highest BCUT2D eigenvalue weighted by Crippen LogP contribution is 2.28.